The molecule has 0 amide bonds. The van der Waals surface area contributed by atoms with E-state index >= 15 is 0 Å². The fourth-order valence-corrected chi connectivity index (χ4v) is 6.39. The summed E-state index contributed by atoms with van der Waals surface area (Å²) in [6, 6.07) is 6.27. The molecule has 45 heavy (non-hydrogen) atoms. The monoisotopic (exact) mass is 609 g/mol. The first kappa shape index (κ1) is 26.8. The molecule has 2 aliphatic heterocycles. The number of carbonyl (C=O) groups is 2. The number of nitrogens with one attached hydrogen (secondary N) is 2. The van der Waals surface area contributed by atoms with Gasteiger partial charge >= 0.3 is 11.6 Å². The van der Waals surface area contributed by atoms with Crippen LogP contribution < -0.4 is 15.1 Å². The third-order valence-electron chi connectivity index (χ3n) is 8.30. The van der Waals surface area contributed by atoms with Crippen molar-refractivity contribution >= 4 is 61.1 Å². The number of Topliss-reactive ketones (excluding diaryl/α,β-unsaturated/α-hetero) is 1. The number of pyridine rings is 1. The maximum absolute atomic E-state index is 14.1. The Morgan fingerprint density at radius 2 is 1.62 bits per heavy atom. The molecule has 224 valence electrons. The molecule has 10 nitrogen and oxygen atoms in total. The zero-order valence-electron chi connectivity index (χ0n) is 23.3. The number of hydrogen-bond donors (Lipinski definition) is 3. The van der Waals surface area contributed by atoms with Crippen LogP contribution in [0.1, 0.15) is 33.6 Å². The lowest BCUT2D eigenvalue weighted by Gasteiger charge is -2.10. The summed E-state index contributed by atoms with van der Waals surface area (Å²) in [7, 11) is 0. The topological polar surface area (TPSA) is 148 Å². The third kappa shape index (κ3) is 3.98. The zero-order chi connectivity index (χ0) is 31.0. The summed E-state index contributed by atoms with van der Waals surface area (Å²) in [5, 5.41) is 12.0. The van der Waals surface area contributed by atoms with Crippen LogP contribution in [-0.2, 0) is 17.6 Å². The van der Waals surface area contributed by atoms with E-state index in [1.54, 1.807) is 30.5 Å². The average molecular weight is 610 g/mol. The lowest BCUT2D eigenvalue weighted by Crippen LogP contribution is -2.08. The van der Waals surface area contributed by atoms with Crippen molar-refractivity contribution in [3.63, 3.8) is 0 Å². The zero-order valence-corrected chi connectivity index (χ0v) is 23.3. The van der Waals surface area contributed by atoms with Crippen LogP contribution in [0.15, 0.2) is 57.9 Å². The van der Waals surface area contributed by atoms with E-state index in [9.17, 15) is 28.3 Å². The molecule has 0 atom stereocenters. The molecule has 6 heterocycles. The third-order valence-corrected chi connectivity index (χ3v) is 8.30. The Labute approximate surface area is 250 Å². The van der Waals surface area contributed by atoms with Gasteiger partial charge in [-0.15, -0.1) is 0 Å². The highest BCUT2D eigenvalue weighted by Crippen LogP contribution is 2.43. The number of halogens is 2. The van der Waals surface area contributed by atoms with Gasteiger partial charge in [0.2, 0.25) is 5.71 Å². The van der Waals surface area contributed by atoms with E-state index < -0.39 is 17.4 Å². The van der Waals surface area contributed by atoms with Gasteiger partial charge in [0.15, 0.2) is 5.78 Å². The Kier molecular flexibility index (Phi) is 5.89. The summed E-state index contributed by atoms with van der Waals surface area (Å²) in [4.78, 5) is 45.8. The minimum absolute atomic E-state index is 0.127. The Hall–Kier alpha value is -5.78. The summed E-state index contributed by atoms with van der Waals surface area (Å²) in [6.45, 7) is 0.779. The summed E-state index contributed by atoms with van der Waals surface area (Å²) in [6.07, 6.45) is 7.74. The molecule has 4 aromatic heterocycles. The molecule has 12 heteroatoms. The van der Waals surface area contributed by atoms with Gasteiger partial charge in [-0.3, -0.25) is 4.79 Å². The molecular formula is C33H21F2N3O7. The van der Waals surface area contributed by atoms with Crippen LogP contribution in [0.25, 0.3) is 49.4 Å². The van der Waals surface area contributed by atoms with E-state index in [4.69, 9.17) is 13.9 Å². The number of ether oxygens (including phenoxy) is 2. The number of aromatic carboxylic acids is 1. The van der Waals surface area contributed by atoms with Crippen LogP contribution in [0.5, 0.6) is 11.5 Å². The van der Waals surface area contributed by atoms with E-state index in [1.165, 1.54) is 12.1 Å². The number of allylic oxidation sites excluding steroid dienone is 4. The number of benzene rings is 2. The highest BCUT2D eigenvalue weighted by atomic mass is 19.1. The van der Waals surface area contributed by atoms with Crippen LogP contribution >= 0.6 is 0 Å². The van der Waals surface area contributed by atoms with Gasteiger partial charge in [-0.1, -0.05) is 18.2 Å². The molecule has 0 saturated heterocycles. The molecule has 0 saturated carbocycles. The van der Waals surface area contributed by atoms with Crippen molar-refractivity contribution in [1.29, 1.82) is 0 Å². The number of hydrogen-bond acceptors (Lipinski definition) is 7. The van der Waals surface area contributed by atoms with Crippen LogP contribution in [-0.4, -0.2) is 45.0 Å². The standard InChI is InChI=1S/C17H12FNO4.C16H9FN2O3/c18-10-7-11-14(16-8(10)5-6-23-16)13(15(19-11)17(21)22)9-3-1-2-4-12(9)20;17-9-6-10-12(14-7(9)3-5-21-14)11-8-2-1-4-18-15(8)22-16(20)13(11)19-10/h1-3,7,19H,4-6H2,(H,21,22);1-2,4,6,19H,3,5H2. The van der Waals surface area contributed by atoms with Crippen LogP contribution in [0.4, 0.5) is 8.78 Å². The summed E-state index contributed by atoms with van der Waals surface area (Å²) >= 11 is 0. The maximum Gasteiger partial charge on any atom is 0.362 e. The van der Waals surface area contributed by atoms with Crippen molar-refractivity contribution in [2.45, 2.75) is 19.3 Å². The number of rotatable bonds is 2. The number of aromatic amines is 2. The van der Waals surface area contributed by atoms with Gasteiger partial charge in [-0.25, -0.2) is 23.4 Å². The lowest BCUT2D eigenvalue weighted by molar-refractivity contribution is -0.113. The predicted octanol–water partition coefficient (Wildman–Crippen LogP) is 5.75. The van der Waals surface area contributed by atoms with Crippen LogP contribution in [0.3, 0.4) is 0 Å². The van der Waals surface area contributed by atoms with Gasteiger partial charge in [0.1, 0.15) is 34.3 Å². The van der Waals surface area contributed by atoms with Crippen molar-refractivity contribution in [1.82, 2.24) is 15.0 Å². The fraction of sp³-hybridized carbons (Fsp3) is 0.152. The number of carboxylic acids is 1. The number of carbonyl (C=O) groups excluding carboxylic acids is 1. The Morgan fingerprint density at radius 1 is 0.933 bits per heavy atom. The molecule has 0 fully saturated rings. The maximum atomic E-state index is 14.1. The highest BCUT2D eigenvalue weighted by molar-refractivity contribution is 6.28. The van der Waals surface area contributed by atoms with Crippen molar-refractivity contribution in [2.24, 2.45) is 0 Å². The summed E-state index contributed by atoms with van der Waals surface area (Å²) < 4.78 is 44.7. The predicted molar refractivity (Wildman–Crippen MR) is 160 cm³/mol. The van der Waals surface area contributed by atoms with Crippen molar-refractivity contribution in [3.8, 4) is 11.5 Å². The average Bonchev–Trinajstić information content (AvgIpc) is 3.82. The van der Waals surface area contributed by atoms with Crippen LogP contribution in [0, 0.1) is 11.6 Å². The van der Waals surface area contributed by atoms with E-state index in [2.05, 4.69) is 15.0 Å². The van der Waals surface area contributed by atoms with Crippen molar-refractivity contribution in [3.05, 3.63) is 93.1 Å². The smallest absolute Gasteiger partial charge is 0.362 e. The Morgan fingerprint density at radius 3 is 2.31 bits per heavy atom. The largest absolute Gasteiger partial charge is 0.492 e. The van der Waals surface area contributed by atoms with Gasteiger partial charge in [0, 0.05) is 58.5 Å². The first-order chi connectivity index (χ1) is 21.8. The molecule has 0 unspecified atom stereocenters. The number of aromatic nitrogens is 3. The molecule has 1 aliphatic carbocycles. The minimum atomic E-state index is -1.20. The number of carboxylic acid groups (broad SMARTS) is 1. The van der Waals surface area contributed by atoms with E-state index in [1.807, 2.05) is 6.07 Å². The Balaban J connectivity index is 0.000000134. The second-order valence-corrected chi connectivity index (χ2v) is 10.8. The molecule has 0 spiro atoms. The molecule has 9 rings (SSSR count). The Bertz CT molecular complexity index is 2420. The number of nitrogens with zero attached hydrogens (tertiary/aromatic N) is 1. The first-order valence-electron chi connectivity index (χ1n) is 14.1. The summed E-state index contributed by atoms with van der Waals surface area (Å²) in [5.41, 5.74) is 2.32. The minimum Gasteiger partial charge on any atom is -0.492 e. The second-order valence-electron chi connectivity index (χ2n) is 10.8. The lowest BCUT2D eigenvalue weighted by atomic mass is 9.92. The molecule has 0 radical (unpaired) electrons. The number of ketones is 1. The van der Waals surface area contributed by atoms with Gasteiger partial charge in [-0.05, 0) is 24.3 Å². The highest BCUT2D eigenvalue weighted by Gasteiger charge is 2.31. The number of H-pyrrole nitrogens is 2. The van der Waals surface area contributed by atoms with Crippen molar-refractivity contribution in [2.75, 3.05) is 13.2 Å². The normalized spacial score (nSPS) is 15.2. The number of fused-ring (bicyclic) bond motifs is 10. The second kappa shape index (κ2) is 9.88. The molecule has 0 bridgehead atoms. The fourth-order valence-electron chi connectivity index (χ4n) is 6.39. The molecule has 2 aromatic carbocycles. The quantitative estimate of drug-likeness (QED) is 0.225. The van der Waals surface area contributed by atoms with Gasteiger partial charge in [0.05, 0.1) is 35.0 Å². The van der Waals surface area contributed by atoms with Gasteiger partial charge < -0.3 is 29.0 Å². The molecule has 3 N–H and O–H groups in total. The molecule has 6 aromatic rings. The van der Waals surface area contributed by atoms with Crippen LogP contribution in [0.2, 0.25) is 0 Å². The SMILES string of the molecule is O=C1CC=CC=C1c1c(C(=O)O)[nH]c2cc(F)c3c(c12)OCC3.O=c1oc2ncccc2c2c1[nH]c1cc(F)c3c(c12)OCC3. The van der Waals surface area contributed by atoms with Crippen molar-refractivity contribution < 1.29 is 37.4 Å². The molecular weight excluding hydrogens is 588 g/mol. The van der Waals surface area contributed by atoms with E-state index in [0.29, 0.717) is 87.0 Å². The molecule has 3 aliphatic rings. The van der Waals surface area contributed by atoms with E-state index in [-0.39, 0.29) is 35.0 Å². The van der Waals surface area contributed by atoms with Gasteiger partial charge in [0.25, 0.3) is 0 Å². The summed E-state index contributed by atoms with van der Waals surface area (Å²) in [5.74, 6) is -1.28. The van der Waals surface area contributed by atoms with E-state index in [0.717, 1.165) is 5.39 Å². The van der Waals surface area contributed by atoms with Gasteiger partial charge in [-0.2, -0.15) is 0 Å². The first-order valence-corrected chi connectivity index (χ1v) is 14.1.